The minimum absolute atomic E-state index is 0.0465. The molecular weight excluding hydrogens is 777 g/mol. The molecule has 286 valence electrons. The average Bonchev–Trinajstić information content (AvgIpc) is 3.57. The molecule has 4 fully saturated rings. The third-order valence-electron chi connectivity index (χ3n) is 12.0. The van der Waals surface area contributed by atoms with E-state index in [4.69, 9.17) is 29.2 Å². The summed E-state index contributed by atoms with van der Waals surface area (Å²) in [6, 6.07) is 14.7. The van der Waals surface area contributed by atoms with E-state index in [2.05, 4.69) is 58.3 Å². The van der Waals surface area contributed by atoms with Crippen molar-refractivity contribution < 1.29 is 18.3 Å². The van der Waals surface area contributed by atoms with Crippen molar-refractivity contribution >= 4 is 43.4 Å². The van der Waals surface area contributed by atoms with Gasteiger partial charge in [0.1, 0.15) is 12.4 Å². The summed E-state index contributed by atoms with van der Waals surface area (Å²) in [5.74, 6) is 1.61. The van der Waals surface area contributed by atoms with E-state index in [0.717, 1.165) is 24.4 Å². The molecule has 3 aliphatic carbocycles. The molecule has 0 radical (unpaired) electrons. The zero-order valence-corrected chi connectivity index (χ0v) is 36.4. The molecule has 2 aromatic carbocycles. The molecular formula is C43H66Cl2N3OPRu. The third kappa shape index (κ3) is 12.1. The normalized spacial score (nSPS) is 22.6. The second-order valence-corrected chi connectivity index (χ2v) is 25.0. The predicted octanol–water partition coefficient (Wildman–Crippen LogP) is 12.6. The number of nitrogens with zero attached hydrogens (tertiary/aromatic N) is 3. The van der Waals surface area contributed by atoms with E-state index in [9.17, 15) is 0 Å². The molecule has 2 aliphatic heterocycles. The fourth-order valence-electron chi connectivity index (χ4n) is 9.39. The molecule has 2 atom stereocenters. The van der Waals surface area contributed by atoms with Crippen LogP contribution < -0.4 is 5.01 Å². The van der Waals surface area contributed by atoms with Gasteiger partial charge in [-0.2, -0.15) is 5.10 Å². The van der Waals surface area contributed by atoms with Gasteiger partial charge in [0.15, 0.2) is 0 Å². The third-order valence-corrected chi connectivity index (χ3v) is 18.5. The van der Waals surface area contributed by atoms with E-state index >= 15 is 0 Å². The van der Waals surface area contributed by atoms with Crippen molar-refractivity contribution in [1.82, 2.24) is 4.90 Å². The molecule has 0 aromatic heterocycles. The Morgan fingerprint density at radius 1 is 0.843 bits per heavy atom. The van der Waals surface area contributed by atoms with E-state index in [1.807, 2.05) is 40.0 Å². The Morgan fingerprint density at radius 2 is 1.35 bits per heavy atom. The number of aryl methyl sites for hydroxylation is 3. The number of amidine groups is 1. The number of morpholine rings is 1. The number of halogens is 2. The summed E-state index contributed by atoms with van der Waals surface area (Å²) in [5.41, 5.74) is 9.81. The second-order valence-electron chi connectivity index (χ2n) is 15.8. The molecule has 2 aromatic rings. The molecule has 0 bridgehead atoms. The first-order valence-electron chi connectivity index (χ1n) is 20.2. The standard InChI is InChI=1S/C18H26N3O.C18H33P.C7H6.2ClH.Ru/c1-6-13(3)16-9-22-10-17-19-21(11-20(16)17)18-14(4)7-12(2)8-15(18)5;1-4-10-16(11-5-1)19(17-12-6-2-7-13-17)18-14-8-3-9-15-18;1-7-5-3-2-4-6-7;;;/h7-8,11,13,16H,6,9-10H2,1-5H3;16-18H,1-15H2;1-6H;2*1H;/q-1;;;;;+2/p-1/t13?,16-;;;;;/m1...../s1. The van der Waals surface area contributed by atoms with Crippen molar-refractivity contribution in [2.24, 2.45) is 11.0 Å². The summed E-state index contributed by atoms with van der Waals surface area (Å²) >= 11 is -1.61. The Morgan fingerprint density at radius 3 is 1.82 bits per heavy atom. The summed E-state index contributed by atoms with van der Waals surface area (Å²) < 4.78 is 7.69. The first kappa shape index (κ1) is 41.3. The van der Waals surface area contributed by atoms with Crippen molar-refractivity contribution in [2.75, 3.05) is 18.2 Å². The molecule has 0 amide bonds. The van der Waals surface area contributed by atoms with E-state index in [0.29, 0.717) is 18.6 Å². The Balaban J connectivity index is 0.000000158. The number of benzene rings is 2. The van der Waals surface area contributed by atoms with Gasteiger partial charge in [0.25, 0.3) is 0 Å². The minimum atomic E-state index is -1.61. The quantitative estimate of drug-likeness (QED) is 0.158. The van der Waals surface area contributed by atoms with Gasteiger partial charge >= 0.3 is 73.4 Å². The van der Waals surface area contributed by atoms with Crippen molar-refractivity contribution in [3.8, 4) is 0 Å². The van der Waals surface area contributed by atoms with Gasteiger partial charge < -0.3 is 14.6 Å². The summed E-state index contributed by atoms with van der Waals surface area (Å²) in [6.07, 6.45) is 24.9. The van der Waals surface area contributed by atoms with Crippen LogP contribution in [0.3, 0.4) is 0 Å². The van der Waals surface area contributed by atoms with Crippen LogP contribution in [-0.2, 0) is 18.3 Å². The summed E-state index contributed by atoms with van der Waals surface area (Å²) in [5, 5.41) is 6.83. The monoisotopic (exact) mass is 843 g/mol. The predicted molar refractivity (Wildman–Crippen MR) is 223 cm³/mol. The van der Waals surface area contributed by atoms with Gasteiger partial charge in [0.2, 0.25) is 0 Å². The topological polar surface area (TPSA) is 28.1 Å². The number of hydrogen-bond acceptors (Lipinski definition) is 4. The van der Waals surface area contributed by atoms with Crippen LogP contribution in [0, 0.1) is 33.4 Å². The van der Waals surface area contributed by atoms with Gasteiger partial charge in [-0.3, -0.25) is 0 Å². The molecule has 2 heterocycles. The van der Waals surface area contributed by atoms with Crippen molar-refractivity contribution in [1.29, 1.82) is 0 Å². The SMILES string of the molecule is C1CCC([PH+](C2CCCCC2)C2CCCCC2)CC1.CCC(C)[C@H]1COCC2=NN(c3c(C)cc(C)cc3C)[CH-]N21.[Cl][Ru]([Cl])=[CH]c1ccccc1. The van der Waals surface area contributed by atoms with Gasteiger partial charge in [-0.25, -0.2) is 0 Å². The molecule has 1 saturated heterocycles. The van der Waals surface area contributed by atoms with Crippen molar-refractivity contribution in [3.63, 3.8) is 0 Å². The Bertz CT molecular complexity index is 1340. The molecule has 1 unspecified atom stereocenters. The van der Waals surface area contributed by atoms with Crippen LogP contribution in [0.25, 0.3) is 0 Å². The van der Waals surface area contributed by atoms with Crippen molar-refractivity contribution in [2.45, 2.75) is 160 Å². The van der Waals surface area contributed by atoms with Crippen LogP contribution >= 0.6 is 27.3 Å². The Labute approximate surface area is 325 Å². The molecule has 0 spiro atoms. The summed E-state index contributed by atoms with van der Waals surface area (Å²) in [6.45, 7) is 14.5. The number of fused-ring (bicyclic) bond motifs is 1. The van der Waals surface area contributed by atoms with E-state index in [-0.39, 0.29) is 7.92 Å². The number of anilines is 1. The molecule has 4 nitrogen and oxygen atoms in total. The number of ether oxygens (including phenoxy) is 1. The summed E-state index contributed by atoms with van der Waals surface area (Å²) in [7, 11) is 11.3. The van der Waals surface area contributed by atoms with E-state index in [1.54, 1.807) is 96.3 Å². The van der Waals surface area contributed by atoms with Crippen LogP contribution in [0.2, 0.25) is 0 Å². The zero-order valence-electron chi connectivity index (χ0n) is 32.2. The van der Waals surface area contributed by atoms with Gasteiger partial charge in [-0.05, 0) is 115 Å². The van der Waals surface area contributed by atoms with Gasteiger partial charge in [-0.15, -0.1) is 6.67 Å². The second kappa shape index (κ2) is 21.3. The number of rotatable bonds is 7. The molecule has 0 N–H and O–H groups in total. The molecule has 7 rings (SSSR count). The fraction of sp³-hybridized carbons (Fsp3) is 0.651. The maximum atomic E-state index is 5.76. The molecule has 5 aliphatic rings. The van der Waals surface area contributed by atoms with E-state index in [1.165, 1.54) is 39.4 Å². The van der Waals surface area contributed by atoms with Crippen LogP contribution in [0.5, 0.6) is 0 Å². The Kier molecular flexibility index (Phi) is 17.3. The fourth-order valence-corrected chi connectivity index (χ4v) is 16.4. The van der Waals surface area contributed by atoms with Crippen LogP contribution in [0.1, 0.15) is 139 Å². The zero-order chi connectivity index (χ0) is 36.2. The van der Waals surface area contributed by atoms with Crippen LogP contribution in [-0.4, -0.2) is 51.6 Å². The first-order chi connectivity index (χ1) is 24.7. The number of hydrogen-bond donors (Lipinski definition) is 0. The maximum absolute atomic E-state index is 5.76. The van der Waals surface area contributed by atoms with Crippen LogP contribution in [0.4, 0.5) is 5.69 Å². The van der Waals surface area contributed by atoms with Gasteiger partial charge in [0, 0.05) is 19.7 Å². The van der Waals surface area contributed by atoms with Gasteiger partial charge in [0.05, 0.1) is 23.6 Å². The molecule has 3 saturated carbocycles. The molecule has 8 heteroatoms. The molecule has 51 heavy (non-hydrogen) atoms. The van der Waals surface area contributed by atoms with Crippen LogP contribution in [0.15, 0.2) is 47.6 Å². The van der Waals surface area contributed by atoms with E-state index < -0.39 is 13.5 Å². The average molecular weight is 844 g/mol. The van der Waals surface area contributed by atoms with Crippen molar-refractivity contribution in [3.05, 3.63) is 71.4 Å². The van der Waals surface area contributed by atoms with Gasteiger partial charge in [-0.1, -0.05) is 57.2 Å². The summed E-state index contributed by atoms with van der Waals surface area (Å²) in [4.78, 5) is 2.32. The Hall–Kier alpha value is -0.827. The number of hydrazone groups is 1. The first-order valence-corrected chi connectivity index (χ1v) is 27.4.